The molecule has 0 saturated heterocycles. The maximum Gasteiger partial charge on any atom is 0.407 e. The zero-order valence-electron chi connectivity index (χ0n) is 6.77. The van der Waals surface area contributed by atoms with E-state index in [0.717, 1.165) is 0 Å². The highest BCUT2D eigenvalue weighted by Crippen LogP contribution is 2.04. The van der Waals surface area contributed by atoms with E-state index in [4.69, 9.17) is 0 Å². The molecule has 0 radical (unpaired) electrons. The number of alkyl carbamates (subject to hydrolysis) is 1. The number of ether oxygens (including phenoxy) is 1. The Morgan fingerprint density at radius 1 is 1.83 bits per heavy atom. The Morgan fingerprint density at radius 3 is 3.08 bits per heavy atom. The topological polar surface area (TPSA) is 77.2 Å². The first-order chi connectivity index (χ1) is 5.74. The molecule has 1 N–H and O–H groups in total. The van der Waals surface area contributed by atoms with Gasteiger partial charge in [-0.15, -0.1) is 0 Å². The zero-order valence-corrected chi connectivity index (χ0v) is 6.77. The first kappa shape index (κ1) is 8.51. The number of nitrogens with one attached hydrogen (secondary N) is 1. The second-order valence-electron chi connectivity index (χ2n) is 2.15. The number of amides is 1. The van der Waals surface area contributed by atoms with Gasteiger partial charge >= 0.3 is 6.09 Å². The van der Waals surface area contributed by atoms with Crippen molar-refractivity contribution in [1.29, 1.82) is 0 Å². The van der Waals surface area contributed by atoms with Gasteiger partial charge in [-0.2, -0.15) is 4.98 Å². The summed E-state index contributed by atoms with van der Waals surface area (Å²) >= 11 is 0. The monoisotopic (exact) mass is 171 g/mol. The molecule has 0 aliphatic heterocycles. The highest BCUT2D eigenvalue weighted by molar-refractivity contribution is 5.67. The average molecular weight is 171 g/mol. The summed E-state index contributed by atoms with van der Waals surface area (Å²) in [4.78, 5) is 14.5. The van der Waals surface area contributed by atoms with Gasteiger partial charge in [0.1, 0.15) is 0 Å². The Morgan fingerprint density at radius 2 is 2.58 bits per heavy atom. The number of nitrogens with zero attached hydrogens (tertiary/aromatic N) is 2. The average Bonchev–Trinajstić information content (AvgIpc) is 2.56. The van der Waals surface area contributed by atoms with Crippen molar-refractivity contribution in [2.24, 2.45) is 0 Å². The molecule has 0 saturated carbocycles. The maximum absolute atomic E-state index is 10.7. The Labute approximate surface area is 68.9 Å². The van der Waals surface area contributed by atoms with Gasteiger partial charge in [0.2, 0.25) is 6.39 Å². The normalized spacial score (nSPS) is 12.2. The van der Waals surface area contributed by atoms with E-state index in [2.05, 4.69) is 24.7 Å². The summed E-state index contributed by atoms with van der Waals surface area (Å²) < 4.78 is 8.88. The van der Waals surface area contributed by atoms with E-state index < -0.39 is 6.09 Å². The molecule has 1 rings (SSSR count). The van der Waals surface area contributed by atoms with E-state index in [1.165, 1.54) is 13.5 Å². The molecular formula is C6H9N3O3. The summed E-state index contributed by atoms with van der Waals surface area (Å²) in [5, 5.41) is 6.03. The predicted octanol–water partition coefficient (Wildman–Crippen LogP) is 0.487. The minimum absolute atomic E-state index is 0.309. The van der Waals surface area contributed by atoms with Crippen molar-refractivity contribution in [3.63, 3.8) is 0 Å². The highest BCUT2D eigenvalue weighted by Gasteiger charge is 2.12. The van der Waals surface area contributed by atoms with E-state index in [1.54, 1.807) is 6.92 Å². The van der Waals surface area contributed by atoms with Gasteiger partial charge in [0.15, 0.2) is 5.82 Å². The Balaban J connectivity index is 2.49. The van der Waals surface area contributed by atoms with Gasteiger partial charge in [-0.05, 0) is 6.92 Å². The highest BCUT2D eigenvalue weighted by atomic mass is 16.5. The van der Waals surface area contributed by atoms with Crippen LogP contribution in [0.4, 0.5) is 4.79 Å². The summed E-state index contributed by atoms with van der Waals surface area (Å²) in [5.74, 6) is 0.417. The van der Waals surface area contributed by atoms with Gasteiger partial charge in [-0.3, -0.25) is 0 Å². The van der Waals surface area contributed by atoms with Gasteiger partial charge < -0.3 is 14.6 Å². The molecule has 1 amide bonds. The first-order valence-corrected chi connectivity index (χ1v) is 3.34. The number of hydrogen-bond donors (Lipinski definition) is 1. The van der Waals surface area contributed by atoms with Gasteiger partial charge in [0.05, 0.1) is 13.2 Å². The number of methoxy groups -OCH3 is 1. The molecule has 0 aliphatic rings. The Bertz CT molecular complexity index is 247. The zero-order chi connectivity index (χ0) is 8.97. The van der Waals surface area contributed by atoms with E-state index in [-0.39, 0.29) is 6.04 Å². The molecule has 1 aromatic heterocycles. The smallest absolute Gasteiger partial charge is 0.407 e. The molecule has 66 valence electrons. The van der Waals surface area contributed by atoms with Crippen molar-refractivity contribution >= 4 is 6.09 Å². The molecule has 6 heteroatoms. The maximum atomic E-state index is 10.7. The number of hydrogen-bond acceptors (Lipinski definition) is 5. The summed E-state index contributed by atoms with van der Waals surface area (Å²) in [6.07, 6.45) is 0.678. The van der Waals surface area contributed by atoms with Crippen molar-refractivity contribution in [2.75, 3.05) is 7.11 Å². The second kappa shape index (κ2) is 3.70. The standard InChI is InChI=1S/C6H9N3O3/c1-4(8-6(10)11-2)5-7-3-12-9-5/h3-4H,1-2H3,(H,8,10). The van der Waals surface area contributed by atoms with Crippen LogP contribution in [0.2, 0.25) is 0 Å². The summed E-state index contributed by atoms with van der Waals surface area (Å²) in [7, 11) is 1.29. The fourth-order valence-corrected chi connectivity index (χ4v) is 0.670. The Kier molecular flexibility index (Phi) is 2.62. The lowest BCUT2D eigenvalue weighted by Gasteiger charge is -2.07. The molecule has 12 heavy (non-hydrogen) atoms. The molecular weight excluding hydrogens is 162 g/mol. The van der Waals surface area contributed by atoms with Crippen LogP contribution in [-0.2, 0) is 4.74 Å². The Hall–Kier alpha value is -1.59. The number of carbonyl (C=O) groups is 1. The summed E-state index contributed by atoms with van der Waals surface area (Å²) in [6.45, 7) is 1.72. The van der Waals surface area contributed by atoms with Crippen LogP contribution in [0, 0.1) is 0 Å². The second-order valence-corrected chi connectivity index (χ2v) is 2.15. The van der Waals surface area contributed by atoms with Crippen molar-refractivity contribution in [3.8, 4) is 0 Å². The van der Waals surface area contributed by atoms with E-state index in [9.17, 15) is 4.79 Å². The van der Waals surface area contributed by atoms with E-state index in [0.29, 0.717) is 5.82 Å². The van der Waals surface area contributed by atoms with Gasteiger partial charge in [-0.1, -0.05) is 5.16 Å². The third kappa shape index (κ3) is 1.94. The van der Waals surface area contributed by atoms with Gasteiger partial charge in [0.25, 0.3) is 0 Å². The molecule has 1 unspecified atom stereocenters. The molecule has 0 bridgehead atoms. The van der Waals surface area contributed by atoms with Crippen LogP contribution in [0.5, 0.6) is 0 Å². The fourth-order valence-electron chi connectivity index (χ4n) is 0.670. The lowest BCUT2D eigenvalue weighted by atomic mass is 10.3. The molecule has 1 aromatic rings. The quantitative estimate of drug-likeness (QED) is 0.700. The summed E-state index contributed by atoms with van der Waals surface area (Å²) in [6, 6.07) is -0.309. The fraction of sp³-hybridized carbons (Fsp3) is 0.500. The third-order valence-corrected chi connectivity index (χ3v) is 1.29. The van der Waals surface area contributed by atoms with Crippen LogP contribution < -0.4 is 5.32 Å². The SMILES string of the molecule is COC(=O)NC(C)c1ncon1. The number of carbonyl (C=O) groups excluding carboxylic acids is 1. The molecule has 0 aliphatic carbocycles. The van der Waals surface area contributed by atoms with Crippen molar-refractivity contribution in [1.82, 2.24) is 15.5 Å². The minimum atomic E-state index is -0.521. The van der Waals surface area contributed by atoms with Crippen molar-refractivity contribution < 1.29 is 14.1 Å². The lowest BCUT2D eigenvalue weighted by Crippen LogP contribution is -2.26. The predicted molar refractivity (Wildman–Crippen MR) is 38.3 cm³/mol. The van der Waals surface area contributed by atoms with Crippen LogP contribution in [0.25, 0.3) is 0 Å². The first-order valence-electron chi connectivity index (χ1n) is 3.34. The molecule has 1 heterocycles. The molecule has 0 spiro atoms. The van der Waals surface area contributed by atoms with Gasteiger partial charge in [0, 0.05) is 0 Å². The van der Waals surface area contributed by atoms with Crippen LogP contribution >= 0.6 is 0 Å². The third-order valence-electron chi connectivity index (χ3n) is 1.29. The van der Waals surface area contributed by atoms with Crippen LogP contribution in [0.1, 0.15) is 18.8 Å². The summed E-state index contributed by atoms with van der Waals surface area (Å²) in [5.41, 5.74) is 0. The minimum Gasteiger partial charge on any atom is -0.453 e. The van der Waals surface area contributed by atoms with Gasteiger partial charge in [-0.25, -0.2) is 4.79 Å². The van der Waals surface area contributed by atoms with E-state index >= 15 is 0 Å². The van der Waals surface area contributed by atoms with Crippen LogP contribution in [0.15, 0.2) is 10.9 Å². The number of rotatable bonds is 2. The molecule has 0 fully saturated rings. The molecule has 6 nitrogen and oxygen atoms in total. The lowest BCUT2D eigenvalue weighted by molar-refractivity contribution is 0.167. The van der Waals surface area contributed by atoms with Crippen LogP contribution in [-0.4, -0.2) is 23.3 Å². The molecule has 0 aromatic carbocycles. The van der Waals surface area contributed by atoms with E-state index in [1.807, 2.05) is 0 Å². The number of aromatic nitrogens is 2. The van der Waals surface area contributed by atoms with Crippen LogP contribution in [0.3, 0.4) is 0 Å². The molecule has 1 atom stereocenters. The largest absolute Gasteiger partial charge is 0.453 e. The van der Waals surface area contributed by atoms with Crippen molar-refractivity contribution in [3.05, 3.63) is 12.2 Å². The van der Waals surface area contributed by atoms with Crippen molar-refractivity contribution in [2.45, 2.75) is 13.0 Å².